The van der Waals surface area contributed by atoms with E-state index >= 15 is 0 Å². The van der Waals surface area contributed by atoms with Gasteiger partial charge >= 0.3 is 0 Å². The first-order valence-corrected chi connectivity index (χ1v) is 8.48. The van der Waals surface area contributed by atoms with E-state index in [0.29, 0.717) is 5.25 Å². The summed E-state index contributed by atoms with van der Waals surface area (Å²) in [5, 5.41) is 6.78. The molecule has 108 valence electrons. The van der Waals surface area contributed by atoms with E-state index in [9.17, 15) is 4.79 Å². The second-order valence-electron chi connectivity index (χ2n) is 5.02. The fraction of sp³-hybridized carbons (Fsp3) is 0.500. The minimum absolute atomic E-state index is 0.0366. The highest BCUT2D eigenvalue weighted by Crippen LogP contribution is 2.41. The molecule has 1 saturated heterocycles. The van der Waals surface area contributed by atoms with Crippen LogP contribution < -0.4 is 10.6 Å². The summed E-state index contributed by atoms with van der Waals surface area (Å²) in [6.45, 7) is 4.55. The standard InChI is InChI=1S/C14H17BrN2O2S/c1-2-3-16-13-9-4-10(15)12(20-8-6-19-7-8)5-11(9)17-14(13)18/h4-5,8,13,16H,2-3,6-7H2,1H3,(H,17,18). The van der Waals surface area contributed by atoms with Crippen molar-refractivity contribution in [2.24, 2.45) is 0 Å². The number of anilines is 1. The normalized spacial score (nSPS) is 21.5. The Morgan fingerprint density at radius 1 is 1.50 bits per heavy atom. The maximum Gasteiger partial charge on any atom is 0.246 e. The number of rotatable bonds is 5. The minimum Gasteiger partial charge on any atom is -0.379 e. The third-order valence-corrected chi connectivity index (χ3v) is 5.55. The molecule has 0 spiro atoms. The maximum absolute atomic E-state index is 12.0. The lowest BCUT2D eigenvalue weighted by molar-refractivity contribution is -0.117. The fourth-order valence-electron chi connectivity index (χ4n) is 2.31. The van der Waals surface area contributed by atoms with Crippen LogP contribution in [-0.2, 0) is 9.53 Å². The highest BCUT2D eigenvalue weighted by atomic mass is 79.9. The van der Waals surface area contributed by atoms with Gasteiger partial charge in [0, 0.05) is 20.6 Å². The van der Waals surface area contributed by atoms with Gasteiger partial charge in [-0.05, 0) is 41.0 Å². The molecule has 2 N–H and O–H groups in total. The van der Waals surface area contributed by atoms with Crippen molar-refractivity contribution in [1.29, 1.82) is 0 Å². The Hall–Kier alpha value is -0.560. The molecule has 2 aliphatic heterocycles. The van der Waals surface area contributed by atoms with Crippen LogP contribution in [0.25, 0.3) is 0 Å². The third-order valence-electron chi connectivity index (χ3n) is 3.43. The van der Waals surface area contributed by atoms with Crippen LogP contribution >= 0.6 is 27.7 Å². The molecule has 0 aliphatic carbocycles. The molecule has 1 aromatic carbocycles. The Labute approximate surface area is 131 Å². The van der Waals surface area contributed by atoms with Crippen molar-refractivity contribution in [3.8, 4) is 0 Å². The Kier molecular flexibility index (Phi) is 4.35. The molecular weight excluding hydrogens is 340 g/mol. The number of hydrogen-bond donors (Lipinski definition) is 2. The zero-order valence-electron chi connectivity index (χ0n) is 11.2. The molecule has 0 bridgehead atoms. The molecule has 1 fully saturated rings. The van der Waals surface area contributed by atoms with E-state index in [4.69, 9.17) is 4.74 Å². The Morgan fingerprint density at radius 3 is 2.95 bits per heavy atom. The lowest BCUT2D eigenvalue weighted by Crippen LogP contribution is -2.30. The molecule has 0 radical (unpaired) electrons. The zero-order chi connectivity index (χ0) is 14.1. The first-order chi connectivity index (χ1) is 9.69. The predicted molar refractivity (Wildman–Crippen MR) is 84.3 cm³/mol. The largest absolute Gasteiger partial charge is 0.379 e. The summed E-state index contributed by atoms with van der Waals surface area (Å²) in [5.41, 5.74) is 1.96. The number of amides is 1. The summed E-state index contributed by atoms with van der Waals surface area (Å²) in [6, 6.07) is 3.89. The smallest absolute Gasteiger partial charge is 0.246 e. The highest BCUT2D eigenvalue weighted by molar-refractivity contribution is 9.10. The Balaban J connectivity index is 1.82. The Morgan fingerprint density at radius 2 is 2.30 bits per heavy atom. The molecule has 3 rings (SSSR count). The number of ether oxygens (including phenoxy) is 1. The molecule has 1 unspecified atom stereocenters. The first kappa shape index (κ1) is 14.4. The number of carbonyl (C=O) groups is 1. The van der Waals surface area contributed by atoms with Gasteiger partial charge in [0.05, 0.1) is 18.5 Å². The lowest BCUT2D eigenvalue weighted by atomic mass is 10.1. The number of carbonyl (C=O) groups excluding carboxylic acids is 1. The van der Waals surface area contributed by atoms with E-state index in [2.05, 4.69) is 45.6 Å². The average molecular weight is 357 g/mol. The first-order valence-electron chi connectivity index (χ1n) is 6.81. The van der Waals surface area contributed by atoms with E-state index in [-0.39, 0.29) is 11.9 Å². The summed E-state index contributed by atoms with van der Waals surface area (Å²) in [7, 11) is 0. The van der Waals surface area contributed by atoms with Crippen molar-refractivity contribution < 1.29 is 9.53 Å². The Bertz CT molecular complexity index is 534. The van der Waals surface area contributed by atoms with Gasteiger partial charge in [0.25, 0.3) is 0 Å². The molecule has 6 heteroatoms. The van der Waals surface area contributed by atoms with Gasteiger partial charge in [0.2, 0.25) is 5.91 Å². The topological polar surface area (TPSA) is 50.4 Å². The predicted octanol–water partition coefficient (Wildman–Crippen LogP) is 2.93. The summed E-state index contributed by atoms with van der Waals surface area (Å²) < 4.78 is 6.25. The van der Waals surface area contributed by atoms with Gasteiger partial charge in [-0.1, -0.05) is 6.92 Å². The molecule has 20 heavy (non-hydrogen) atoms. The minimum atomic E-state index is -0.229. The second kappa shape index (κ2) is 6.05. The van der Waals surface area contributed by atoms with E-state index in [1.807, 2.05) is 0 Å². The highest BCUT2D eigenvalue weighted by Gasteiger charge is 2.31. The van der Waals surface area contributed by atoms with Gasteiger partial charge in [0.1, 0.15) is 6.04 Å². The van der Waals surface area contributed by atoms with E-state index in [1.165, 1.54) is 0 Å². The van der Waals surface area contributed by atoms with E-state index in [0.717, 1.165) is 46.8 Å². The van der Waals surface area contributed by atoms with Crippen molar-refractivity contribution in [2.75, 3.05) is 25.1 Å². The quantitative estimate of drug-likeness (QED) is 0.851. The van der Waals surface area contributed by atoms with Crippen LogP contribution in [0.3, 0.4) is 0 Å². The van der Waals surface area contributed by atoms with Crippen LogP contribution in [0.1, 0.15) is 24.9 Å². The second-order valence-corrected chi connectivity index (χ2v) is 7.22. The number of nitrogens with one attached hydrogen (secondary N) is 2. The molecule has 1 atom stereocenters. The van der Waals surface area contributed by atoms with Crippen LogP contribution in [0.2, 0.25) is 0 Å². The SMILES string of the molecule is CCCNC1C(=O)Nc2cc(SC3COC3)c(Br)cc21. The molecule has 0 aromatic heterocycles. The van der Waals surface area contributed by atoms with Crippen LogP contribution in [-0.4, -0.2) is 30.9 Å². The van der Waals surface area contributed by atoms with Gasteiger partial charge < -0.3 is 15.4 Å². The summed E-state index contributed by atoms with van der Waals surface area (Å²) >= 11 is 5.42. The fourth-order valence-corrected chi connectivity index (χ4v) is 3.99. The van der Waals surface area contributed by atoms with Crippen molar-refractivity contribution in [3.05, 3.63) is 22.2 Å². The molecule has 2 heterocycles. The maximum atomic E-state index is 12.0. The van der Waals surface area contributed by atoms with Crippen LogP contribution in [0.5, 0.6) is 0 Å². The molecule has 1 aromatic rings. The summed E-state index contributed by atoms with van der Waals surface area (Å²) in [6.07, 6.45) is 1.01. The van der Waals surface area contributed by atoms with Crippen molar-refractivity contribution in [1.82, 2.24) is 5.32 Å². The van der Waals surface area contributed by atoms with Crippen molar-refractivity contribution in [2.45, 2.75) is 29.5 Å². The number of hydrogen-bond acceptors (Lipinski definition) is 4. The molecule has 4 nitrogen and oxygen atoms in total. The average Bonchev–Trinajstić information content (AvgIpc) is 2.66. The van der Waals surface area contributed by atoms with Crippen LogP contribution in [0, 0.1) is 0 Å². The monoisotopic (exact) mass is 356 g/mol. The molecule has 1 amide bonds. The third kappa shape index (κ3) is 2.74. The van der Waals surface area contributed by atoms with Crippen LogP contribution in [0.4, 0.5) is 5.69 Å². The molecular formula is C14H17BrN2O2S. The lowest BCUT2D eigenvalue weighted by Gasteiger charge is -2.25. The summed E-state index contributed by atoms with van der Waals surface area (Å²) in [4.78, 5) is 13.2. The molecule has 0 saturated carbocycles. The van der Waals surface area contributed by atoms with E-state index in [1.54, 1.807) is 11.8 Å². The molecule has 2 aliphatic rings. The van der Waals surface area contributed by atoms with Crippen LogP contribution in [0.15, 0.2) is 21.5 Å². The van der Waals surface area contributed by atoms with E-state index < -0.39 is 0 Å². The van der Waals surface area contributed by atoms with Crippen molar-refractivity contribution in [3.63, 3.8) is 0 Å². The number of thioether (sulfide) groups is 1. The van der Waals surface area contributed by atoms with Gasteiger partial charge in [-0.3, -0.25) is 4.79 Å². The van der Waals surface area contributed by atoms with Crippen molar-refractivity contribution >= 4 is 39.3 Å². The van der Waals surface area contributed by atoms with Gasteiger partial charge in [-0.15, -0.1) is 11.8 Å². The number of fused-ring (bicyclic) bond motifs is 1. The van der Waals surface area contributed by atoms with Gasteiger partial charge in [0.15, 0.2) is 0 Å². The number of benzene rings is 1. The number of halogens is 1. The van der Waals surface area contributed by atoms with Gasteiger partial charge in [-0.25, -0.2) is 0 Å². The zero-order valence-corrected chi connectivity index (χ0v) is 13.6. The van der Waals surface area contributed by atoms with Gasteiger partial charge in [-0.2, -0.15) is 0 Å². The summed E-state index contributed by atoms with van der Waals surface area (Å²) in [5.74, 6) is 0.0366.